The summed E-state index contributed by atoms with van der Waals surface area (Å²) in [6.07, 6.45) is 1.57. The number of hydrogen-bond donors (Lipinski definition) is 2. The number of amides is 2. The van der Waals surface area contributed by atoms with Crippen LogP contribution in [0.3, 0.4) is 0 Å². The first kappa shape index (κ1) is 20.3. The first-order chi connectivity index (χ1) is 14.0. The van der Waals surface area contributed by atoms with Gasteiger partial charge in [0.15, 0.2) is 5.16 Å². The Balaban J connectivity index is 1.66. The highest BCUT2D eigenvalue weighted by molar-refractivity contribution is 7.99. The molecule has 0 atom stereocenters. The second-order valence-corrected chi connectivity index (χ2v) is 6.86. The van der Waals surface area contributed by atoms with Crippen LogP contribution < -0.4 is 16.4 Å². The third-order valence-electron chi connectivity index (χ3n) is 3.89. The largest absolute Gasteiger partial charge is 0.283 e. The molecule has 7 nitrogen and oxygen atoms in total. The summed E-state index contributed by atoms with van der Waals surface area (Å²) in [7, 11) is 0. The molecule has 1 heterocycles. The van der Waals surface area contributed by atoms with Gasteiger partial charge < -0.3 is 0 Å². The summed E-state index contributed by atoms with van der Waals surface area (Å²) in [5, 5.41) is 0.850. The van der Waals surface area contributed by atoms with E-state index in [4.69, 9.17) is 0 Å². The minimum absolute atomic E-state index is 0.0778. The predicted octanol–water partition coefficient (Wildman–Crippen LogP) is 2.27. The monoisotopic (exact) mass is 412 g/mol. The average Bonchev–Trinajstić information content (AvgIpc) is 2.73. The number of benzene rings is 2. The smallest absolute Gasteiger partial charge is 0.269 e. The maximum atomic E-state index is 12.9. The molecule has 0 fully saturated rings. The van der Waals surface area contributed by atoms with Crippen LogP contribution in [0.5, 0.6) is 0 Å². The van der Waals surface area contributed by atoms with Crippen LogP contribution in [0, 0.1) is 5.82 Å². The number of thioether (sulfide) groups is 1. The van der Waals surface area contributed by atoms with Crippen molar-refractivity contribution in [3.8, 4) is 0 Å². The first-order valence-electron chi connectivity index (χ1n) is 8.57. The zero-order valence-corrected chi connectivity index (χ0v) is 16.0. The number of nitrogens with zero attached hydrogens (tertiary/aromatic N) is 2. The lowest BCUT2D eigenvalue weighted by Gasteiger charge is -2.11. The molecule has 2 amide bonds. The molecule has 3 aromatic rings. The van der Waals surface area contributed by atoms with Gasteiger partial charge in [-0.05, 0) is 36.4 Å². The molecule has 0 aliphatic heterocycles. The normalized spacial score (nSPS) is 10.5. The Hall–Kier alpha value is -3.46. The third-order valence-corrected chi connectivity index (χ3v) is 4.87. The molecule has 3 rings (SSSR count). The molecule has 0 aliphatic carbocycles. The van der Waals surface area contributed by atoms with Crippen LogP contribution in [0.2, 0.25) is 0 Å². The van der Waals surface area contributed by atoms with E-state index in [9.17, 15) is 18.8 Å². The van der Waals surface area contributed by atoms with Gasteiger partial charge >= 0.3 is 0 Å². The van der Waals surface area contributed by atoms with E-state index >= 15 is 0 Å². The van der Waals surface area contributed by atoms with Crippen molar-refractivity contribution in [1.29, 1.82) is 0 Å². The van der Waals surface area contributed by atoms with Crippen molar-refractivity contribution in [2.45, 2.75) is 11.7 Å². The van der Waals surface area contributed by atoms with Crippen LogP contribution in [0.4, 0.5) is 4.39 Å². The molecule has 0 saturated heterocycles. The SMILES string of the molecule is C=CCn1c(SCC(=O)NNC(=O)c2ccc(F)cc2)nc2ccccc2c1=O. The maximum absolute atomic E-state index is 12.9. The minimum Gasteiger partial charge on any atom is -0.283 e. The lowest BCUT2D eigenvalue weighted by molar-refractivity contribution is -0.119. The van der Waals surface area contributed by atoms with Crippen LogP contribution in [0.1, 0.15) is 10.4 Å². The van der Waals surface area contributed by atoms with Gasteiger partial charge in [-0.1, -0.05) is 30.0 Å². The van der Waals surface area contributed by atoms with Crippen molar-refractivity contribution < 1.29 is 14.0 Å². The molecular weight excluding hydrogens is 395 g/mol. The van der Waals surface area contributed by atoms with E-state index in [2.05, 4.69) is 22.4 Å². The van der Waals surface area contributed by atoms with E-state index in [1.807, 2.05) is 0 Å². The van der Waals surface area contributed by atoms with Crippen molar-refractivity contribution in [2.24, 2.45) is 0 Å². The van der Waals surface area contributed by atoms with Gasteiger partial charge in [0.1, 0.15) is 5.82 Å². The number of allylic oxidation sites excluding steroid dienone is 1. The molecule has 0 saturated carbocycles. The number of halogens is 1. The number of hydrogen-bond acceptors (Lipinski definition) is 5. The number of carbonyl (C=O) groups is 2. The maximum Gasteiger partial charge on any atom is 0.269 e. The van der Waals surface area contributed by atoms with Crippen LogP contribution >= 0.6 is 11.8 Å². The average molecular weight is 412 g/mol. The predicted molar refractivity (Wildman–Crippen MR) is 109 cm³/mol. The topological polar surface area (TPSA) is 93.1 Å². The lowest BCUT2D eigenvalue weighted by atomic mass is 10.2. The van der Waals surface area contributed by atoms with Gasteiger partial charge in [0.2, 0.25) is 5.91 Å². The fraction of sp³-hybridized carbons (Fsp3) is 0.100. The second kappa shape index (κ2) is 9.16. The fourth-order valence-electron chi connectivity index (χ4n) is 2.51. The zero-order chi connectivity index (χ0) is 20.8. The lowest BCUT2D eigenvalue weighted by Crippen LogP contribution is -2.42. The number of fused-ring (bicyclic) bond motifs is 1. The summed E-state index contributed by atoms with van der Waals surface area (Å²) in [5.41, 5.74) is 5.05. The molecule has 1 aromatic heterocycles. The highest BCUT2D eigenvalue weighted by atomic mass is 32.2. The standard InChI is InChI=1S/C20H17FN4O3S/c1-2-11-25-19(28)15-5-3-4-6-16(15)22-20(25)29-12-17(26)23-24-18(27)13-7-9-14(21)10-8-13/h2-10H,1,11-12H2,(H,23,26)(H,24,27). The van der Waals surface area contributed by atoms with E-state index in [1.165, 1.54) is 16.7 Å². The van der Waals surface area contributed by atoms with E-state index in [1.54, 1.807) is 30.3 Å². The summed E-state index contributed by atoms with van der Waals surface area (Å²) >= 11 is 1.06. The van der Waals surface area contributed by atoms with Crippen molar-refractivity contribution in [3.05, 3.63) is 82.9 Å². The molecule has 2 N–H and O–H groups in total. The Kier molecular flexibility index (Phi) is 6.40. The van der Waals surface area contributed by atoms with Gasteiger partial charge in [0, 0.05) is 12.1 Å². The number of para-hydroxylation sites is 1. The summed E-state index contributed by atoms with van der Waals surface area (Å²) < 4.78 is 14.3. The number of hydrazine groups is 1. The van der Waals surface area contributed by atoms with Gasteiger partial charge in [0.05, 0.1) is 16.7 Å². The molecule has 0 spiro atoms. The molecule has 0 unspecified atom stereocenters. The van der Waals surface area contributed by atoms with Crippen molar-refractivity contribution in [3.63, 3.8) is 0 Å². The Bertz CT molecular complexity index is 1130. The highest BCUT2D eigenvalue weighted by Gasteiger charge is 2.13. The molecule has 0 bridgehead atoms. The van der Waals surface area contributed by atoms with Crippen molar-refractivity contribution in [2.75, 3.05) is 5.75 Å². The highest BCUT2D eigenvalue weighted by Crippen LogP contribution is 2.17. The van der Waals surface area contributed by atoms with Gasteiger partial charge in [-0.15, -0.1) is 6.58 Å². The Morgan fingerprint density at radius 2 is 1.86 bits per heavy atom. The Morgan fingerprint density at radius 3 is 2.59 bits per heavy atom. The first-order valence-corrected chi connectivity index (χ1v) is 9.56. The number of rotatable bonds is 6. The Morgan fingerprint density at radius 1 is 1.14 bits per heavy atom. The summed E-state index contributed by atoms with van der Waals surface area (Å²) in [4.78, 5) is 41.1. The zero-order valence-electron chi connectivity index (χ0n) is 15.2. The Labute approximate surface area is 169 Å². The van der Waals surface area contributed by atoms with Gasteiger partial charge in [-0.25, -0.2) is 9.37 Å². The summed E-state index contributed by atoms with van der Waals surface area (Å²) in [6, 6.07) is 11.9. The number of carbonyl (C=O) groups excluding carboxylic acids is 2. The van der Waals surface area contributed by atoms with Crippen molar-refractivity contribution in [1.82, 2.24) is 20.4 Å². The molecule has 0 radical (unpaired) electrons. The van der Waals surface area contributed by atoms with E-state index < -0.39 is 17.6 Å². The molecule has 2 aromatic carbocycles. The quantitative estimate of drug-likeness (QED) is 0.280. The molecule has 148 valence electrons. The van der Waals surface area contributed by atoms with E-state index in [-0.39, 0.29) is 23.4 Å². The number of nitrogens with one attached hydrogen (secondary N) is 2. The van der Waals surface area contributed by atoms with Crippen LogP contribution in [-0.4, -0.2) is 27.1 Å². The van der Waals surface area contributed by atoms with Crippen molar-refractivity contribution >= 4 is 34.5 Å². The van der Waals surface area contributed by atoms with Crippen LogP contribution in [0.15, 0.2) is 71.1 Å². The summed E-state index contributed by atoms with van der Waals surface area (Å²) in [5.74, 6) is -1.60. The summed E-state index contributed by atoms with van der Waals surface area (Å²) in [6.45, 7) is 3.90. The molecule has 9 heteroatoms. The van der Waals surface area contributed by atoms with E-state index in [0.717, 1.165) is 23.9 Å². The van der Waals surface area contributed by atoms with Gasteiger partial charge in [0.25, 0.3) is 11.5 Å². The second-order valence-electron chi connectivity index (χ2n) is 5.91. The van der Waals surface area contributed by atoms with Gasteiger partial charge in [-0.3, -0.25) is 29.8 Å². The fourth-order valence-corrected chi connectivity index (χ4v) is 3.32. The van der Waals surface area contributed by atoms with E-state index in [0.29, 0.717) is 16.1 Å². The van der Waals surface area contributed by atoms with Gasteiger partial charge in [-0.2, -0.15) is 0 Å². The minimum atomic E-state index is -0.573. The molecular formula is C20H17FN4O3S. The van der Waals surface area contributed by atoms with Crippen LogP contribution in [-0.2, 0) is 11.3 Å². The molecule has 29 heavy (non-hydrogen) atoms. The third kappa shape index (κ3) is 4.88. The molecule has 0 aliphatic rings. The number of aromatic nitrogens is 2. The van der Waals surface area contributed by atoms with Crippen LogP contribution in [0.25, 0.3) is 10.9 Å².